The van der Waals surface area contributed by atoms with Gasteiger partial charge in [0, 0.05) is 10.5 Å². The molecule has 0 fully saturated rings. The van der Waals surface area contributed by atoms with Crippen LogP contribution >= 0.6 is 23.4 Å². The molecule has 0 saturated carbocycles. The monoisotopic (exact) mass is 392 g/mol. The Hall–Kier alpha value is -2.38. The van der Waals surface area contributed by atoms with Gasteiger partial charge in [-0.25, -0.2) is 9.18 Å². The third kappa shape index (κ3) is 4.62. The number of nitrogens with zero attached hydrogens (tertiary/aromatic N) is 2. The van der Waals surface area contributed by atoms with Crippen LogP contribution in [0.15, 0.2) is 51.9 Å². The lowest BCUT2D eigenvalue weighted by atomic mass is 10.2. The van der Waals surface area contributed by atoms with E-state index < -0.39 is 11.8 Å². The van der Waals surface area contributed by atoms with Gasteiger partial charge in [0.2, 0.25) is 5.89 Å². The molecule has 3 aromatic rings. The highest BCUT2D eigenvalue weighted by molar-refractivity contribution is 7.98. The van der Waals surface area contributed by atoms with Crippen LogP contribution in [0.2, 0.25) is 5.02 Å². The van der Waals surface area contributed by atoms with E-state index in [9.17, 15) is 9.18 Å². The second-order valence-corrected chi connectivity index (χ2v) is 6.76. The van der Waals surface area contributed by atoms with Crippen LogP contribution in [0, 0.1) is 12.7 Å². The second-order valence-electron chi connectivity index (χ2n) is 5.33. The highest BCUT2D eigenvalue weighted by Crippen LogP contribution is 2.27. The van der Waals surface area contributed by atoms with Gasteiger partial charge in [-0.3, -0.25) is 0 Å². The fourth-order valence-electron chi connectivity index (χ4n) is 2.16. The number of halogens is 2. The van der Waals surface area contributed by atoms with Gasteiger partial charge in [0.05, 0.1) is 16.3 Å². The number of carbonyl (C=O) groups excluding carboxylic acids is 1. The van der Waals surface area contributed by atoms with Gasteiger partial charge in [0.1, 0.15) is 12.4 Å². The third-order valence-electron chi connectivity index (χ3n) is 3.40. The number of carbonyl (C=O) groups is 1. The van der Waals surface area contributed by atoms with E-state index in [1.54, 1.807) is 19.1 Å². The van der Waals surface area contributed by atoms with Gasteiger partial charge in [-0.05, 0) is 31.2 Å². The molecule has 8 heteroatoms. The molecule has 2 aromatic carbocycles. The minimum Gasteiger partial charge on any atom is -0.457 e. The molecule has 0 N–H and O–H groups in total. The summed E-state index contributed by atoms with van der Waals surface area (Å²) in [4.78, 5) is 17.3. The van der Waals surface area contributed by atoms with Crippen molar-refractivity contribution >= 4 is 29.3 Å². The first-order valence-corrected chi connectivity index (χ1v) is 9.01. The Morgan fingerprint density at radius 1 is 1.31 bits per heavy atom. The molecule has 0 saturated heterocycles. The van der Waals surface area contributed by atoms with E-state index in [1.165, 1.54) is 30.0 Å². The number of rotatable bonds is 6. The molecule has 0 atom stereocenters. The lowest BCUT2D eigenvalue weighted by Crippen LogP contribution is -2.07. The lowest BCUT2D eigenvalue weighted by Gasteiger charge is -2.09. The quantitative estimate of drug-likeness (QED) is 0.442. The first-order chi connectivity index (χ1) is 12.5. The van der Waals surface area contributed by atoms with Gasteiger partial charge in [-0.1, -0.05) is 35.0 Å². The molecule has 5 nitrogen and oxygen atoms in total. The zero-order chi connectivity index (χ0) is 18.5. The number of hydrogen-bond acceptors (Lipinski definition) is 6. The van der Waals surface area contributed by atoms with Crippen LogP contribution in [-0.2, 0) is 17.1 Å². The molecule has 0 bridgehead atoms. The summed E-state index contributed by atoms with van der Waals surface area (Å²) in [6.45, 7) is 1.70. The average molecular weight is 393 g/mol. The van der Waals surface area contributed by atoms with Gasteiger partial charge >= 0.3 is 5.97 Å². The molecule has 0 amide bonds. The molecule has 1 heterocycles. The zero-order valence-corrected chi connectivity index (χ0v) is 15.3. The Labute approximate surface area is 158 Å². The number of ether oxygens (including phenoxy) is 1. The Bertz CT molecular complexity index is 932. The SMILES string of the molecule is Cc1noc(CSc2ccccc2C(=O)OCc2ccc(F)cc2Cl)n1. The molecular weight excluding hydrogens is 379 g/mol. The minimum absolute atomic E-state index is 0.0419. The Morgan fingerprint density at radius 3 is 2.85 bits per heavy atom. The Balaban J connectivity index is 1.67. The highest BCUT2D eigenvalue weighted by Gasteiger charge is 2.15. The summed E-state index contributed by atoms with van der Waals surface area (Å²) in [6, 6.07) is 11.0. The maximum Gasteiger partial charge on any atom is 0.339 e. The van der Waals surface area contributed by atoms with Crippen LogP contribution in [0.5, 0.6) is 0 Å². The van der Waals surface area contributed by atoms with Crippen LogP contribution in [0.25, 0.3) is 0 Å². The van der Waals surface area contributed by atoms with Gasteiger partial charge in [0.25, 0.3) is 0 Å². The van der Waals surface area contributed by atoms with Crippen LogP contribution in [0.3, 0.4) is 0 Å². The van der Waals surface area contributed by atoms with Crippen molar-refractivity contribution in [1.82, 2.24) is 10.1 Å². The van der Waals surface area contributed by atoms with Gasteiger partial charge in [-0.15, -0.1) is 11.8 Å². The summed E-state index contributed by atoms with van der Waals surface area (Å²) in [5, 5.41) is 3.95. The van der Waals surface area contributed by atoms with Crippen molar-refractivity contribution in [1.29, 1.82) is 0 Å². The van der Waals surface area contributed by atoms with Gasteiger partial charge in [0.15, 0.2) is 5.82 Å². The number of benzene rings is 2. The summed E-state index contributed by atoms with van der Waals surface area (Å²) in [5.41, 5.74) is 0.958. The smallest absolute Gasteiger partial charge is 0.339 e. The maximum atomic E-state index is 13.1. The molecular formula is C18H14ClFN2O3S. The van der Waals surface area contributed by atoms with Crippen molar-refractivity contribution in [3.63, 3.8) is 0 Å². The Kier molecular flexibility index (Phi) is 5.90. The highest BCUT2D eigenvalue weighted by atomic mass is 35.5. The van der Waals surface area contributed by atoms with E-state index in [2.05, 4.69) is 10.1 Å². The maximum absolute atomic E-state index is 13.1. The molecule has 1 aromatic heterocycles. The molecule has 0 aliphatic heterocycles. The normalized spacial score (nSPS) is 10.7. The fourth-order valence-corrected chi connectivity index (χ4v) is 3.26. The van der Waals surface area contributed by atoms with Gasteiger partial charge in [-0.2, -0.15) is 4.98 Å². The number of aromatic nitrogens is 2. The summed E-state index contributed by atoms with van der Waals surface area (Å²) in [6.07, 6.45) is 0. The summed E-state index contributed by atoms with van der Waals surface area (Å²) < 4.78 is 23.5. The summed E-state index contributed by atoms with van der Waals surface area (Å²) >= 11 is 7.35. The molecule has 3 rings (SSSR count). The van der Waals surface area contributed by atoms with E-state index in [-0.39, 0.29) is 11.6 Å². The molecule has 0 spiro atoms. The molecule has 0 unspecified atom stereocenters. The average Bonchev–Trinajstić information content (AvgIpc) is 3.04. The molecule has 0 aliphatic carbocycles. The van der Waals surface area contributed by atoms with Crippen LogP contribution in [0.4, 0.5) is 4.39 Å². The van der Waals surface area contributed by atoms with E-state index in [0.29, 0.717) is 28.6 Å². The second kappa shape index (κ2) is 8.33. The topological polar surface area (TPSA) is 65.2 Å². The Morgan fingerprint density at radius 2 is 2.12 bits per heavy atom. The van der Waals surface area contributed by atoms with Crippen LogP contribution in [0.1, 0.15) is 27.6 Å². The zero-order valence-electron chi connectivity index (χ0n) is 13.7. The van der Waals surface area contributed by atoms with Gasteiger partial charge < -0.3 is 9.26 Å². The van der Waals surface area contributed by atoms with E-state index >= 15 is 0 Å². The standard InChI is InChI=1S/C18H14ClFN2O3S/c1-11-21-17(25-22-11)10-26-16-5-3-2-4-14(16)18(23)24-9-12-6-7-13(20)8-15(12)19/h2-8H,9-10H2,1H3. The first kappa shape index (κ1) is 18.4. The fraction of sp³-hybridized carbons (Fsp3) is 0.167. The molecule has 0 radical (unpaired) electrons. The number of esters is 1. The summed E-state index contributed by atoms with van der Waals surface area (Å²) in [7, 11) is 0. The van der Waals surface area contributed by atoms with Crippen LogP contribution < -0.4 is 0 Å². The van der Waals surface area contributed by atoms with E-state index in [0.717, 1.165) is 4.90 Å². The third-order valence-corrected chi connectivity index (χ3v) is 4.81. The number of thioether (sulfide) groups is 1. The van der Waals surface area contributed by atoms with Crippen molar-refractivity contribution in [3.05, 3.63) is 76.1 Å². The van der Waals surface area contributed by atoms with Crippen molar-refractivity contribution in [2.24, 2.45) is 0 Å². The number of hydrogen-bond donors (Lipinski definition) is 0. The lowest BCUT2D eigenvalue weighted by molar-refractivity contribution is 0.0468. The van der Waals surface area contributed by atoms with Crippen molar-refractivity contribution in [3.8, 4) is 0 Å². The predicted molar refractivity (Wildman–Crippen MR) is 95.6 cm³/mol. The van der Waals surface area contributed by atoms with E-state index in [1.807, 2.05) is 12.1 Å². The van der Waals surface area contributed by atoms with E-state index in [4.69, 9.17) is 20.9 Å². The molecule has 134 valence electrons. The minimum atomic E-state index is -0.491. The molecule has 0 aliphatic rings. The first-order valence-electron chi connectivity index (χ1n) is 7.65. The molecule has 26 heavy (non-hydrogen) atoms. The van der Waals surface area contributed by atoms with Crippen LogP contribution in [-0.4, -0.2) is 16.1 Å². The van der Waals surface area contributed by atoms with Crippen molar-refractivity contribution in [2.75, 3.05) is 0 Å². The largest absolute Gasteiger partial charge is 0.457 e. The predicted octanol–water partition coefficient (Wildman–Crippen LogP) is 4.82. The summed E-state index contributed by atoms with van der Waals surface area (Å²) in [5.74, 6) is 0.547. The van der Waals surface area contributed by atoms with Crippen molar-refractivity contribution < 1.29 is 18.4 Å². The number of aryl methyl sites for hydroxylation is 1. The van der Waals surface area contributed by atoms with Crippen molar-refractivity contribution in [2.45, 2.75) is 24.2 Å².